The number of nitrogens with two attached hydrogens (primary N) is 1. The Morgan fingerprint density at radius 3 is 2.52 bits per heavy atom. The molecule has 1 amide bonds. The summed E-state index contributed by atoms with van der Waals surface area (Å²) in [5.41, 5.74) is 10.2. The van der Waals surface area contributed by atoms with Crippen molar-refractivity contribution in [1.82, 2.24) is 14.9 Å². The van der Waals surface area contributed by atoms with Gasteiger partial charge < -0.3 is 15.0 Å². The molecule has 6 nitrogen and oxygen atoms in total. The normalized spacial score (nSPS) is 11.9. The number of hydrogen-bond acceptors (Lipinski definition) is 4. The molecule has 0 saturated carbocycles. The number of nitrogens with one attached hydrogen (secondary N) is 1. The number of ether oxygens (including phenoxy) is 1. The van der Waals surface area contributed by atoms with Crippen molar-refractivity contribution in [1.29, 1.82) is 0 Å². The smallest absolute Gasteiger partial charge is 0.237 e. The number of carbonyl (C=O) groups excluding carboxylic acids is 1. The number of benzene rings is 2. The Balaban J connectivity index is 1.98. The molecule has 2 aromatic carbocycles. The van der Waals surface area contributed by atoms with Crippen LogP contribution in [-0.2, 0) is 22.6 Å². The topological polar surface area (TPSA) is 82.2 Å². The molecule has 1 aromatic heterocycles. The van der Waals surface area contributed by atoms with Crippen molar-refractivity contribution in [2.75, 3.05) is 13.2 Å². The second-order valence-corrected chi connectivity index (χ2v) is 7.79. The van der Waals surface area contributed by atoms with Gasteiger partial charge in [0.2, 0.25) is 5.91 Å². The Morgan fingerprint density at radius 1 is 1.17 bits per heavy atom. The molecule has 3 N–H and O–H groups in total. The molecule has 1 heterocycles. The zero-order valence-corrected chi connectivity index (χ0v) is 17.7. The van der Waals surface area contributed by atoms with Gasteiger partial charge in [-0.15, -0.1) is 0 Å². The average Bonchev–Trinajstić information content (AvgIpc) is 3.04. The molecule has 3 aromatic rings. The Hall–Kier alpha value is -2.70. The van der Waals surface area contributed by atoms with Gasteiger partial charge in [0, 0.05) is 13.2 Å². The molecule has 3 rings (SSSR count). The van der Waals surface area contributed by atoms with Gasteiger partial charge in [0.25, 0.3) is 0 Å². The van der Waals surface area contributed by atoms with Crippen LogP contribution in [0.1, 0.15) is 32.2 Å². The van der Waals surface area contributed by atoms with Crippen LogP contribution in [0.15, 0.2) is 42.5 Å². The number of primary amides is 1. The third-order valence-corrected chi connectivity index (χ3v) is 5.18. The minimum Gasteiger partial charge on any atom is -0.380 e. The number of fused-ring (bicyclic) bond motifs is 1. The van der Waals surface area contributed by atoms with Crippen molar-refractivity contribution in [3.8, 4) is 11.1 Å². The maximum atomic E-state index is 11.6. The summed E-state index contributed by atoms with van der Waals surface area (Å²) in [4.78, 5) is 16.4. The van der Waals surface area contributed by atoms with Gasteiger partial charge in [-0.1, -0.05) is 35.9 Å². The molecular weight excluding hydrogens is 364 g/mol. The summed E-state index contributed by atoms with van der Waals surface area (Å²) in [5.74, 6) is 0.464. The van der Waals surface area contributed by atoms with Crippen LogP contribution < -0.4 is 11.1 Å². The Labute approximate surface area is 172 Å². The van der Waals surface area contributed by atoms with Gasteiger partial charge in [0.1, 0.15) is 5.82 Å². The summed E-state index contributed by atoms with van der Waals surface area (Å²) in [5, 5.41) is 3.22. The van der Waals surface area contributed by atoms with E-state index >= 15 is 0 Å². The molecule has 0 atom stereocenters. The first-order chi connectivity index (χ1) is 13.8. The fourth-order valence-corrected chi connectivity index (χ4v) is 3.17. The van der Waals surface area contributed by atoms with E-state index < -0.39 is 11.4 Å². The largest absolute Gasteiger partial charge is 0.380 e. The van der Waals surface area contributed by atoms with Gasteiger partial charge in [-0.25, -0.2) is 4.98 Å². The van der Waals surface area contributed by atoms with E-state index in [1.54, 1.807) is 13.8 Å². The third kappa shape index (κ3) is 4.83. The molecule has 6 heteroatoms. The molecule has 0 bridgehead atoms. The fourth-order valence-electron chi connectivity index (χ4n) is 3.17. The molecule has 0 unspecified atom stereocenters. The summed E-state index contributed by atoms with van der Waals surface area (Å²) in [6, 6.07) is 14.8. The molecule has 154 valence electrons. The van der Waals surface area contributed by atoms with Crippen molar-refractivity contribution in [3.63, 3.8) is 0 Å². The van der Waals surface area contributed by atoms with Gasteiger partial charge in [0.15, 0.2) is 0 Å². The second kappa shape index (κ2) is 8.76. The zero-order chi connectivity index (χ0) is 21.0. The maximum absolute atomic E-state index is 11.6. The predicted octanol–water partition coefficient (Wildman–Crippen LogP) is 3.40. The molecule has 0 aliphatic carbocycles. The van der Waals surface area contributed by atoms with Gasteiger partial charge in [0.05, 0.1) is 29.7 Å². The highest BCUT2D eigenvalue weighted by Crippen LogP contribution is 2.26. The lowest BCUT2D eigenvalue weighted by atomic mass is 10.0. The Kier molecular flexibility index (Phi) is 6.35. The van der Waals surface area contributed by atoms with Crippen LogP contribution in [0.25, 0.3) is 22.2 Å². The van der Waals surface area contributed by atoms with Gasteiger partial charge in [-0.2, -0.15) is 0 Å². The SMILES string of the molecule is CCOCCn1c(CNC(C)(C)C(N)=O)nc2ccc(-c3ccc(C)cc3)cc21. The van der Waals surface area contributed by atoms with Crippen LogP contribution in [0.2, 0.25) is 0 Å². The van der Waals surface area contributed by atoms with E-state index in [9.17, 15) is 4.79 Å². The summed E-state index contributed by atoms with van der Waals surface area (Å²) < 4.78 is 7.74. The van der Waals surface area contributed by atoms with Crippen molar-refractivity contribution >= 4 is 16.9 Å². The first kappa shape index (κ1) is 21.0. The monoisotopic (exact) mass is 394 g/mol. The van der Waals surface area contributed by atoms with E-state index in [0.29, 0.717) is 26.3 Å². The standard InChI is InChI=1S/C23H30N4O2/c1-5-29-13-12-27-20-14-18(17-8-6-16(2)7-9-17)10-11-19(20)26-21(27)15-25-23(3,4)22(24)28/h6-11,14,25H,5,12-13,15H2,1-4H3,(H2,24,28). The number of aryl methyl sites for hydroxylation is 1. The van der Waals surface area contributed by atoms with Crippen molar-refractivity contribution in [3.05, 3.63) is 53.9 Å². The number of aromatic nitrogens is 2. The van der Waals surface area contributed by atoms with Gasteiger partial charge >= 0.3 is 0 Å². The molecule has 0 spiro atoms. The quantitative estimate of drug-likeness (QED) is 0.545. The Bertz CT molecular complexity index is 990. The minimum absolute atomic E-state index is 0.392. The highest BCUT2D eigenvalue weighted by atomic mass is 16.5. The highest BCUT2D eigenvalue weighted by molar-refractivity contribution is 5.84. The van der Waals surface area contributed by atoms with Crippen molar-refractivity contribution in [2.24, 2.45) is 5.73 Å². The lowest BCUT2D eigenvalue weighted by molar-refractivity contribution is -0.123. The maximum Gasteiger partial charge on any atom is 0.237 e. The van der Waals surface area contributed by atoms with Crippen LogP contribution in [0.5, 0.6) is 0 Å². The van der Waals surface area contributed by atoms with E-state index in [2.05, 4.69) is 53.2 Å². The predicted molar refractivity (Wildman–Crippen MR) is 117 cm³/mol. The first-order valence-electron chi connectivity index (χ1n) is 10.0. The molecule has 0 fully saturated rings. The second-order valence-electron chi connectivity index (χ2n) is 7.79. The molecule has 29 heavy (non-hydrogen) atoms. The summed E-state index contributed by atoms with van der Waals surface area (Å²) >= 11 is 0. The summed E-state index contributed by atoms with van der Waals surface area (Å²) in [6.45, 7) is 10.0. The van der Waals surface area contributed by atoms with E-state index in [1.165, 1.54) is 11.1 Å². The Morgan fingerprint density at radius 2 is 1.86 bits per heavy atom. The number of hydrogen-bond donors (Lipinski definition) is 2. The van der Waals surface area contributed by atoms with Gasteiger partial charge in [-0.05, 0) is 51.0 Å². The number of carbonyl (C=O) groups is 1. The van der Waals surface area contributed by atoms with E-state index in [0.717, 1.165) is 22.4 Å². The van der Waals surface area contributed by atoms with E-state index in [4.69, 9.17) is 15.5 Å². The fraction of sp³-hybridized carbons (Fsp3) is 0.391. The van der Waals surface area contributed by atoms with E-state index in [-0.39, 0.29) is 0 Å². The van der Waals surface area contributed by atoms with Crippen molar-refractivity contribution < 1.29 is 9.53 Å². The number of imidazole rings is 1. The lowest BCUT2D eigenvalue weighted by Gasteiger charge is -2.22. The molecule has 0 aliphatic rings. The zero-order valence-electron chi connectivity index (χ0n) is 17.7. The molecular formula is C23H30N4O2. The van der Waals surface area contributed by atoms with Gasteiger partial charge in [-0.3, -0.25) is 10.1 Å². The third-order valence-electron chi connectivity index (χ3n) is 5.18. The minimum atomic E-state index is -0.810. The average molecular weight is 395 g/mol. The van der Waals surface area contributed by atoms with Crippen LogP contribution in [0.3, 0.4) is 0 Å². The molecule has 0 radical (unpaired) electrons. The number of nitrogens with zero attached hydrogens (tertiary/aromatic N) is 2. The van der Waals surface area contributed by atoms with Crippen LogP contribution in [-0.4, -0.2) is 34.2 Å². The molecule has 0 aliphatic heterocycles. The van der Waals surface area contributed by atoms with Crippen molar-refractivity contribution in [2.45, 2.75) is 46.3 Å². The lowest BCUT2D eigenvalue weighted by Crippen LogP contribution is -2.50. The number of amides is 1. The first-order valence-corrected chi connectivity index (χ1v) is 10.0. The summed E-state index contributed by atoms with van der Waals surface area (Å²) in [7, 11) is 0. The van der Waals surface area contributed by atoms with E-state index in [1.807, 2.05) is 13.0 Å². The highest BCUT2D eigenvalue weighted by Gasteiger charge is 2.25. The van der Waals surface area contributed by atoms with Crippen LogP contribution >= 0.6 is 0 Å². The number of rotatable bonds is 9. The van der Waals surface area contributed by atoms with Crippen LogP contribution in [0, 0.1) is 6.92 Å². The van der Waals surface area contributed by atoms with Crippen LogP contribution in [0.4, 0.5) is 0 Å². The molecule has 0 saturated heterocycles. The summed E-state index contributed by atoms with van der Waals surface area (Å²) in [6.07, 6.45) is 0.